The molecule has 0 spiro atoms. The molecule has 4 rings (SSSR count). The first-order chi connectivity index (χ1) is 15.8. The van der Waals surface area contributed by atoms with Gasteiger partial charge in [0, 0.05) is 31.5 Å². The summed E-state index contributed by atoms with van der Waals surface area (Å²) in [4.78, 5) is 13.0. The molecule has 0 radical (unpaired) electrons. The molecule has 1 unspecified atom stereocenters. The highest BCUT2D eigenvalue weighted by molar-refractivity contribution is 7.88. The van der Waals surface area contributed by atoms with Gasteiger partial charge in [0.1, 0.15) is 23.3 Å². The Morgan fingerprint density at radius 3 is 2.48 bits per heavy atom. The molecule has 0 saturated heterocycles. The second-order valence-electron chi connectivity index (χ2n) is 7.86. The minimum absolute atomic E-state index is 0.112. The lowest BCUT2D eigenvalue weighted by Gasteiger charge is -2.25. The van der Waals surface area contributed by atoms with Crippen molar-refractivity contribution in [2.24, 2.45) is 0 Å². The van der Waals surface area contributed by atoms with Crippen molar-refractivity contribution in [2.45, 2.75) is 19.4 Å². The molecular formula is C23H25FN6O2S. The van der Waals surface area contributed by atoms with Crippen LogP contribution in [0.4, 0.5) is 21.8 Å². The molecule has 1 aromatic carbocycles. The maximum absolute atomic E-state index is 13.3. The maximum atomic E-state index is 13.3. The highest BCUT2D eigenvalue weighted by atomic mass is 32.2. The fraction of sp³-hybridized carbons (Fsp3) is 0.261. The number of halogens is 1. The second-order valence-corrected chi connectivity index (χ2v) is 9.84. The molecule has 0 aliphatic carbocycles. The van der Waals surface area contributed by atoms with E-state index < -0.39 is 10.0 Å². The SMILES string of the molecule is CC(Nc1cc(C2=CCN(S(C)(=O)=O)CC2)cc(Nc2cnccn2)n1)c1ccc(F)cc1. The first-order valence-electron chi connectivity index (χ1n) is 10.5. The van der Waals surface area contributed by atoms with Crippen LogP contribution in [0.15, 0.2) is 61.1 Å². The lowest BCUT2D eigenvalue weighted by atomic mass is 10.0. The molecule has 0 fully saturated rings. The molecule has 0 saturated carbocycles. The topological polar surface area (TPSA) is 100 Å². The molecule has 0 amide bonds. The normalized spacial score (nSPS) is 15.5. The fourth-order valence-electron chi connectivity index (χ4n) is 3.62. The van der Waals surface area contributed by atoms with Crippen LogP contribution in [0.3, 0.4) is 0 Å². The van der Waals surface area contributed by atoms with Gasteiger partial charge in [0.2, 0.25) is 10.0 Å². The third-order valence-electron chi connectivity index (χ3n) is 5.39. The van der Waals surface area contributed by atoms with E-state index in [4.69, 9.17) is 0 Å². The molecule has 8 nitrogen and oxygen atoms in total. The number of hydrogen-bond donors (Lipinski definition) is 2. The van der Waals surface area contributed by atoms with E-state index in [1.807, 2.05) is 25.1 Å². The number of sulfonamides is 1. The number of hydrogen-bond acceptors (Lipinski definition) is 7. The number of nitrogens with one attached hydrogen (secondary N) is 2. The minimum Gasteiger partial charge on any atom is -0.363 e. The summed E-state index contributed by atoms with van der Waals surface area (Å²) in [6, 6.07) is 10.1. The van der Waals surface area contributed by atoms with Crippen LogP contribution < -0.4 is 10.6 Å². The minimum atomic E-state index is -3.23. The summed E-state index contributed by atoms with van der Waals surface area (Å²) in [5, 5.41) is 6.54. The van der Waals surface area contributed by atoms with E-state index in [1.165, 1.54) is 22.7 Å². The van der Waals surface area contributed by atoms with E-state index in [0.717, 1.165) is 16.7 Å². The van der Waals surface area contributed by atoms with E-state index >= 15 is 0 Å². The fourth-order valence-corrected chi connectivity index (χ4v) is 4.39. The van der Waals surface area contributed by atoms with Gasteiger partial charge < -0.3 is 10.6 Å². The van der Waals surface area contributed by atoms with Crippen molar-refractivity contribution >= 4 is 33.0 Å². The van der Waals surface area contributed by atoms with Crippen LogP contribution in [0.2, 0.25) is 0 Å². The molecule has 2 N–H and O–H groups in total. The smallest absolute Gasteiger partial charge is 0.211 e. The highest BCUT2D eigenvalue weighted by Crippen LogP contribution is 2.29. The number of benzene rings is 1. The van der Waals surface area contributed by atoms with Crippen molar-refractivity contribution in [1.29, 1.82) is 0 Å². The zero-order valence-electron chi connectivity index (χ0n) is 18.4. The van der Waals surface area contributed by atoms with Gasteiger partial charge in [-0.1, -0.05) is 18.2 Å². The van der Waals surface area contributed by atoms with Gasteiger partial charge in [-0.25, -0.2) is 22.8 Å². The van der Waals surface area contributed by atoms with Crippen molar-refractivity contribution in [2.75, 3.05) is 30.0 Å². The largest absolute Gasteiger partial charge is 0.363 e. The van der Waals surface area contributed by atoms with Gasteiger partial charge in [0.15, 0.2) is 0 Å². The van der Waals surface area contributed by atoms with Crippen LogP contribution >= 0.6 is 0 Å². The molecule has 1 aliphatic heterocycles. The van der Waals surface area contributed by atoms with Crippen LogP contribution in [0, 0.1) is 5.82 Å². The summed E-state index contributed by atoms with van der Waals surface area (Å²) < 4.78 is 38.4. The Morgan fingerprint density at radius 1 is 1.09 bits per heavy atom. The molecule has 172 valence electrons. The van der Waals surface area contributed by atoms with E-state index in [2.05, 4.69) is 25.6 Å². The van der Waals surface area contributed by atoms with Crippen LogP contribution in [-0.2, 0) is 10.0 Å². The predicted octanol–water partition coefficient (Wildman–Crippen LogP) is 3.98. The quantitative estimate of drug-likeness (QED) is 0.541. The summed E-state index contributed by atoms with van der Waals surface area (Å²) in [5.41, 5.74) is 2.89. The molecule has 10 heteroatoms. The molecular weight excluding hydrogens is 443 g/mol. The third kappa shape index (κ3) is 5.91. The lowest BCUT2D eigenvalue weighted by molar-refractivity contribution is 0.446. The van der Waals surface area contributed by atoms with Crippen molar-refractivity contribution < 1.29 is 12.8 Å². The van der Waals surface area contributed by atoms with Crippen LogP contribution in [0.25, 0.3) is 5.57 Å². The zero-order chi connectivity index (χ0) is 23.4. The monoisotopic (exact) mass is 468 g/mol. The second kappa shape index (κ2) is 9.63. The van der Waals surface area contributed by atoms with Gasteiger partial charge in [-0.2, -0.15) is 4.31 Å². The maximum Gasteiger partial charge on any atom is 0.211 e. The van der Waals surface area contributed by atoms with Crippen molar-refractivity contribution in [3.05, 3.63) is 78.0 Å². The van der Waals surface area contributed by atoms with E-state index in [9.17, 15) is 12.8 Å². The number of anilines is 3. The Hall–Kier alpha value is -3.37. The summed E-state index contributed by atoms with van der Waals surface area (Å²) in [6.07, 6.45) is 8.53. The summed E-state index contributed by atoms with van der Waals surface area (Å²) >= 11 is 0. The van der Waals surface area contributed by atoms with Crippen molar-refractivity contribution in [3.8, 4) is 0 Å². The Bertz CT molecular complexity index is 1250. The van der Waals surface area contributed by atoms with Crippen molar-refractivity contribution in [1.82, 2.24) is 19.3 Å². The van der Waals surface area contributed by atoms with Gasteiger partial charge in [-0.05, 0) is 54.3 Å². The summed E-state index contributed by atoms with van der Waals surface area (Å²) in [7, 11) is -3.23. The van der Waals surface area contributed by atoms with E-state index in [0.29, 0.717) is 37.0 Å². The number of pyridine rings is 1. The zero-order valence-corrected chi connectivity index (χ0v) is 19.2. The molecule has 33 heavy (non-hydrogen) atoms. The molecule has 1 atom stereocenters. The number of nitrogens with zero attached hydrogens (tertiary/aromatic N) is 4. The first kappa shape index (κ1) is 22.8. The molecule has 3 heterocycles. The number of rotatable bonds is 7. The van der Waals surface area contributed by atoms with Gasteiger partial charge in [-0.3, -0.25) is 4.98 Å². The van der Waals surface area contributed by atoms with Gasteiger partial charge >= 0.3 is 0 Å². The highest BCUT2D eigenvalue weighted by Gasteiger charge is 2.21. The van der Waals surface area contributed by atoms with E-state index in [1.54, 1.807) is 30.7 Å². The molecule has 0 bridgehead atoms. The number of aromatic nitrogens is 3. The van der Waals surface area contributed by atoms with Crippen LogP contribution in [0.1, 0.15) is 30.5 Å². The summed E-state index contributed by atoms with van der Waals surface area (Å²) in [5.74, 6) is 1.48. The van der Waals surface area contributed by atoms with Gasteiger partial charge in [0.05, 0.1) is 12.5 Å². The summed E-state index contributed by atoms with van der Waals surface area (Å²) in [6.45, 7) is 2.73. The van der Waals surface area contributed by atoms with Gasteiger partial charge in [0.25, 0.3) is 0 Å². The molecule has 2 aromatic heterocycles. The Morgan fingerprint density at radius 2 is 1.85 bits per heavy atom. The average Bonchev–Trinajstić information content (AvgIpc) is 2.79. The standard InChI is InChI=1S/C23H25FN6O2S/c1-16(17-3-5-20(24)6-4-17)27-21-13-19(18-7-11-30(12-8-18)33(2,31)32)14-22(28-21)29-23-15-25-9-10-26-23/h3-7,9-10,13-16H,8,11-12H2,1-2H3,(H2,26,27,28,29). The lowest BCUT2D eigenvalue weighted by Crippen LogP contribution is -2.33. The Kier molecular flexibility index (Phi) is 6.66. The first-order valence-corrected chi connectivity index (χ1v) is 12.3. The van der Waals surface area contributed by atoms with Crippen molar-refractivity contribution in [3.63, 3.8) is 0 Å². The predicted molar refractivity (Wildman–Crippen MR) is 127 cm³/mol. The third-order valence-corrected chi connectivity index (χ3v) is 6.66. The van der Waals surface area contributed by atoms with Crippen LogP contribution in [0.5, 0.6) is 0 Å². The molecule has 1 aliphatic rings. The Balaban J connectivity index is 1.63. The van der Waals surface area contributed by atoms with E-state index in [-0.39, 0.29) is 11.9 Å². The Labute approximate surface area is 192 Å². The van der Waals surface area contributed by atoms with Gasteiger partial charge in [-0.15, -0.1) is 0 Å². The average molecular weight is 469 g/mol. The van der Waals surface area contributed by atoms with Crippen LogP contribution in [-0.4, -0.2) is 47.0 Å². The molecule has 3 aromatic rings.